The highest BCUT2D eigenvalue weighted by atomic mass is 16.6. The molecule has 0 aliphatic carbocycles. The summed E-state index contributed by atoms with van der Waals surface area (Å²) in [6.45, 7) is 2.87. The van der Waals surface area contributed by atoms with E-state index >= 15 is 0 Å². The molecule has 0 bridgehead atoms. The molecule has 2 aromatic carbocycles. The number of nitrogens with one attached hydrogen (secondary N) is 2. The van der Waals surface area contributed by atoms with Gasteiger partial charge in [0.25, 0.3) is 11.6 Å². The number of nitrogens with zero attached hydrogens (tertiary/aromatic N) is 1. The normalized spacial score (nSPS) is 10.3. The van der Waals surface area contributed by atoms with Crippen LogP contribution in [0, 0.1) is 10.1 Å². The average molecular weight is 457 g/mol. The molecule has 11 nitrogen and oxygen atoms in total. The Morgan fingerprint density at radius 2 is 1.61 bits per heavy atom. The molecule has 2 amide bonds. The third-order valence-electron chi connectivity index (χ3n) is 4.01. The van der Waals surface area contributed by atoms with E-state index in [9.17, 15) is 29.3 Å². The van der Waals surface area contributed by atoms with Gasteiger partial charge in [0.15, 0.2) is 6.61 Å². The minimum atomic E-state index is -0.758. The third kappa shape index (κ3) is 8.77. The van der Waals surface area contributed by atoms with Crippen molar-refractivity contribution >= 4 is 40.8 Å². The Bertz CT molecular complexity index is 1030. The predicted molar refractivity (Wildman–Crippen MR) is 118 cm³/mol. The number of hydrogen-bond acceptors (Lipinski definition) is 8. The van der Waals surface area contributed by atoms with E-state index in [1.165, 1.54) is 48.5 Å². The first kappa shape index (κ1) is 25.0. The highest BCUT2D eigenvalue weighted by molar-refractivity contribution is 5.95. The van der Waals surface area contributed by atoms with Gasteiger partial charge in [-0.2, -0.15) is 0 Å². The SMILES string of the molecule is CC(C)OC(=O)c1ccc(NC(=O)CCC(=O)OCC(=O)Nc2cccc([N+](=O)[O-])c2)cc1. The molecule has 0 aliphatic rings. The lowest BCUT2D eigenvalue weighted by atomic mass is 10.2. The molecule has 0 spiro atoms. The van der Waals surface area contributed by atoms with E-state index in [0.29, 0.717) is 11.3 Å². The minimum absolute atomic E-state index is 0.178. The topological polar surface area (TPSA) is 154 Å². The second-order valence-corrected chi connectivity index (χ2v) is 7.10. The van der Waals surface area contributed by atoms with Gasteiger partial charge in [-0.25, -0.2) is 4.79 Å². The second-order valence-electron chi connectivity index (χ2n) is 7.10. The van der Waals surface area contributed by atoms with Crippen LogP contribution in [0.25, 0.3) is 0 Å². The second kappa shape index (κ2) is 11.9. The molecule has 0 heterocycles. The van der Waals surface area contributed by atoms with Crippen molar-refractivity contribution in [1.82, 2.24) is 0 Å². The van der Waals surface area contributed by atoms with Gasteiger partial charge in [0, 0.05) is 29.9 Å². The van der Waals surface area contributed by atoms with Crippen molar-refractivity contribution in [3.8, 4) is 0 Å². The first-order valence-electron chi connectivity index (χ1n) is 9.95. The van der Waals surface area contributed by atoms with Gasteiger partial charge in [0.1, 0.15) is 0 Å². The van der Waals surface area contributed by atoms with E-state index in [4.69, 9.17) is 9.47 Å². The molecule has 11 heteroatoms. The van der Waals surface area contributed by atoms with Crippen LogP contribution in [-0.2, 0) is 23.9 Å². The number of benzene rings is 2. The summed E-state index contributed by atoms with van der Waals surface area (Å²) in [7, 11) is 0. The summed E-state index contributed by atoms with van der Waals surface area (Å²) in [5, 5.41) is 15.7. The largest absolute Gasteiger partial charge is 0.459 e. The van der Waals surface area contributed by atoms with Gasteiger partial charge < -0.3 is 20.1 Å². The van der Waals surface area contributed by atoms with Crippen LogP contribution in [0.15, 0.2) is 48.5 Å². The fourth-order valence-electron chi connectivity index (χ4n) is 2.52. The van der Waals surface area contributed by atoms with Crippen LogP contribution in [-0.4, -0.2) is 41.4 Å². The molecule has 0 aliphatic heterocycles. The quantitative estimate of drug-likeness (QED) is 0.313. The van der Waals surface area contributed by atoms with Crippen LogP contribution >= 0.6 is 0 Å². The Hall–Kier alpha value is -4.28. The fraction of sp³-hybridized carbons (Fsp3) is 0.273. The van der Waals surface area contributed by atoms with Crippen molar-refractivity contribution in [2.75, 3.05) is 17.2 Å². The highest BCUT2D eigenvalue weighted by Crippen LogP contribution is 2.17. The monoisotopic (exact) mass is 457 g/mol. The van der Waals surface area contributed by atoms with E-state index < -0.39 is 35.3 Å². The van der Waals surface area contributed by atoms with Gasteiger partial charge in [-0.15, -0.1) is 0 Å². The van der Waals surface area contributed by atoms with Gasteiger partial charge in [-0.05, 0) is 44.2 Å². The molecule has 2 aromatic rings. The fourth-order valence-corrected chi connectivity index (χ4v) is 2.52. The number of esters is 2. The van der Waals surface area contributed by atoms with Gasteiger partial charge in [0.05, 0.1) is 23.0 Å². The lowest BCUT2D eigenvalue weighted by molar-refractivity contribution is -0.384. The third-order valence-corrected chi connectivity index (χ3v) is 4.01. The number of rotatable bonds is 10. The van der Waals surface area contributed by atoms with Crippen LogP contribution in [0.4, 0.5) is 17.1 Å². The number of non-ortho nitro benzene ring substituents is 1. The number of nitro benzene ring substituents is 1. The molecule has 0 saturated carbocycles. The number of carbonyl (C=O) groups is 4. The zero-order valence-electron chi connectivity index (χ0n) is 18.0. The van der Waals surface area contributed by atoms with E-state index in [0.717, 1.165) is 0 Å². The van der Waals surface area contributed by atoms with Gasteiger partial charge in [-0.3, -0.25) is 24.5 Å². The maximum absolute atomic E-state index is 12.0. The van der Waals surface area contributed by atoms with Crippen molar-refractivity contribution in [1.29, 1.82) is 0 Å². The van der Waals surface area contributed by atoms with Crippen molar-refractivity contribution < 1.29 is 33.6 Å². The molecule has 0 aromatic heterocycles. The Labute approximate surface area is 189 Å². The molecule has 174 valence electrons. The molecular weight excluding hydrogens is 434 g/mol. The van der Waals surface area contributed by atoms with Crippen LogP contribution in [0.2, 0.25) is 0 Å². The number of nitro groups is 1. The summed E-state index contributed by atoms with van der Waals surface area (Å²) in [5.74, 6) is -2.36. The number of amides is 2. The molecule has 0 atom stereocenters. The van der Waals surface area contributed by atoms with E-state index in [2.05, 4.69) is 10.6 Å². The molecule has 0 radical (unpaired) electrons. The Kier molecular flexibility index (Phi) is 9.04. The zero-order chi connectivity index (χ0) is 24.4. The van der Waals surface area contributed by atoms with Crippen LogP contribution < -0.4 is 10.6 Å². The summed E-state index contributed by atoms with van der Waals surface area (Å²) in [5.41, 5.74) is 0.772. The molecule has 2 rings (SSSR count). The maximum atomic E-state index is 12.0. The molecule has 0 fully saturated rings. The van der Waals surface area contributed by atoms with Crippen molar-refractivity contribution in [2.24, 2.45) is 0 Å². The standard InChI is InChI=1S/C22H23N3O8/c1-14(2)33-22(29)15-6-8-16(9-7-15)23-19(26)10-11-21(28)32-13-20(27)24-17-4-3-5-18(12-17)25(30)31/h3-9,12,14H,10-11,13H2,1-2H3,(H,23,26)(H,24,27). The summed E-state index contributed by atoms with van der Waals surface area (Å²) < 4.78 is 9.89. The Morgan fingerprint density at radius 3 is 2.24 bits per heavy atom. The lowest BCUT2D eigenvalue weighted by Gasteiger charge is -2.09. The summed E-state index contributed by atoms with van der Waals surface area (Å²) in [6, 6.07) is 11.4. The van der Waals surface area contributed by atoms with Gasteiger partial charge in [0.2, 0.25) is 5.91 Å². The van der Waals surface area contributed by atoms with E-state index in [-0.39, 0.29) is 30.3 Å². The molecule has 0 unspecified atom stereocenters. The van der Waals surface area contributed by atoms with Gasteiger partial charge >= 0.3 is 11.9 Å². The lowest BCUT2D eigenvalue weighted by Crippen LogP contribution is -2.21. The molecule has 33 heavy (non-hydrogen) atoms. The van der Waals surface area contributed by atoms with Crippen LogP contribution in [0.1, 0.15) is 37.0 Å². The molecule has 0 saturated heterocycles. The first-order valence-corrected chi connectivity index (χ1v) is 9.95. The van der Waals surface area contributed by atoms with Crippen molar-refractivity contribution in [2.45, 2.75) is 32.8 Å². The van der Waals surface area contributed by atoms with E-state index in [1.807, 2.05) is 0 Å². The average Bonchev–Trinajstić information content (AvgIpc) is 2.76. The summed E-state index contributed by atoms with van der Waals surface area (Å²) in [4.78, 5) is 57.6. The smallest absolute Gasteiger partial charge is 0.338 e. The van der Waals surface area contributed by atoms with Crippen LogP contribution in [0.3, 0.4) is 0 Å². The van der Waals surface area contributed by atoms with Gasteiger partial charge in [-0.1, -0.05) is 6.07 Å². The summed E-state index contributed by atoms with van der Waals surface area (Å²) in [6.07, 6.45) is -0.681. The number of hydrogen-bond donors (Lipinski definition) is 2. The number of ether oxygens (including phenoxy) is 2. The van der Waals surface area contributed by atoms with Crippen molar-refractivity contribution in [3.63, 3.8) is 0 Å². The predicted octanol–water partition coefficient (Wildman–Crippen LogP) is 3.06. The number of carbonyl (C=O) groups excluding carboxylic acids is 4. The first-order chi connectivity index (χ1) is 15.6. The molecular formula is C22H23N3O8. The molecule has 2 N–H and O–H groups in total. The Balaban J connectivity index is 1.72. The van der Waals surface area contributed by atoms with Crippen LogP contribution in [0.5, 0.6) is 0 Å². The van der Waals surface area contributed by atoms with E-state index in [1.54, 1.807) is 13.8 Å². The van der Waals surface area contributed by atoms with Crippen molar-refractivity contribution in [3.05, 3.63) is 64.2 Å². The highest BCUT2D eigenvalue weighted by Gasteiger charge is 2.13. The Morgan fingerprint density at radius 1 is 0.939 bits per heavy atom. The number of anilines is 2. The minimum Gasteiger partial charge on any atom is -0.459 e. The maximum Gasteiger partial charge on any atom is 0.338 e. The zero-order valence-corrected chi connectivity index (χ0v) is 18.0. The summed E-state index contributed by atoms with van der Waals surface area (Å²) >= 11 is 0.